The molecule has 0 saturated heterocycles. The van der Waals surface area contributed by atoms with Crippen LogP contribution >= 0.6 is 0 Å². The summed E-state index contributed by atoms with van der Waals surface area (Å²) < 4.78 is 51.1. The average Bonchev–Trinajstić information content (AvgIpc) is 2.37. The summed E-state index contributed by atoms with van der Waals surface area (Å²) in [5.74, 6) is -1.31. The monoisotopic (exact) mass is 304 g/mol. The number of benzene rings is 1. The third-order valence-corrected chi connectivity index (χ3v) is 4.04. The molecular weight excluding hydrogens is 291 g/mol. The maximum absolute atomic E-state index is 13.3. The van der Waals surface area contributed by atoms with E-state index in [9.17, 15) is 17.6 Å². The van der Waals surface area contributed by atoms with Gasteiger partial charge >= 0.3 is 0 Å². The lowest BCUT2D eigenvalue weighted by molar-refractivity contribution is 0.0935. The highest BCUT2D eigenvalue weighted by atomic mass is 32.2. The molecule has 6 nitrogen and oxygen atoms in total. The van der Waals surface area contributed by atoms with E-state index < -0.39 is 33.6 Å². The Bertz CT molecular complexity index is 640. The number of carbonyl (C=O) groups is 1. The van der Waals surface area contributed by atoms with Crippen molar-refractivity contribution >= 4 is 15.9 Å². The van der Waals surface area contributed by atoms with E-state index in [0.717, 1.165) is 19.2 Å². The Morgan fingerprint density at radius 1 is 1.50 bits per heavy atom. The second-order valence-electron chi connectivity index (χ2n) is 4.28. The predicted molar refractivity (Wildman–Crippen MR) is 67.1 cm³/mol. The highest BCUT2D eigenvalue weighted by molar-refractivity contribution is 7.86. The zero-order chi connectivity index (χ0) is 14.9. The van der Waals surface area contributed by atoms with Crippen LogP contribution in [0, 0.1) is 5.82 Å². The van der Waals surface area contributed by atoms with Gasteiger partial charge in [-0.2, -0.15) is 8.42 Å². The van der Waals surface area contributed by atoms with E-state index in [1.165, 1.54) is 6.92 Å². The van der Waals surface area contributed by atoms with E-state index in [1.54, 1.807) is 0 Å². The Hall–Kier alpha value is -1.67. The molecule has 1 heterocycles. The van der Waals surface area contributed by atoms with E-state index >= 15 is 0 Å². The molecule has 0 saturated carbocycles. The Morgan fingerprint density at radius 2 is 2.20 bits per heavy atom. The normalized spacial score (nSPS) is 17.9. The van der Waals surface area contributed by atoms with Gasteiger partial charge in [-0.25, -0.2) is 4.39 Å². The number of halogens is 1. The molecule has 0 N–H and O–H groups in total. The van der Waals surface area contributed by atoms with Gasteiger partial charge in [0.25, 0.3) is 10.1 Å². The number of ether oxygens (including phenoxy) is 2. The van der Waals surface area contributed by atoms with E-state index in [-0.39, 0.29) is 23.7 Å². The molecule has 110 valence electrons. The van der Waals surface area contributed by atoms with Crippen molar-refractivity contribution in [1.82, 2.24) is 0 Å². The van der Waals surface area contributed by atoms with Crippen molar-refractivity contribution in [3.05, 3.63) is 23.5 Å². The van der Waals surface area contributed by atoms with Gasteiger partial charge < -0.3 is 9.47 Å². The molecule has 0 amide bonds. The van der Waals surface area contributed by atoms with Crippen molar-refractivity contribution in [3.63, 3.8) is 0 Å². The van der Waals surface area contributed by atoms with Crippen molar-refractivity contribution in [1.29, 1.82) is 0 Å². The van der Waals surface area contributed by atoms with Crippen molar-refractivity contribution < 1.29 is 31.3 Å². The molecule has 1 aliphatic rings. The molecule has 0 bridgehead atoms. The maximum atomic E-state index is 13.3. The Balaban J connectivity index is 2.31. The minimum Gasteiger partial charge on any atom is -0.486 e. The van der Waals surface area contributed by atoms with Gasteiger partial charge in [-0.1, -0.05) is 0 Å². The summed E-state index contributed by atoms with van der Waals surface area (Å²) in [5, 5.41) is 0. The fraction of sp³-hybridized carbons (Fsp3) is 0.417. The molecule has 1 atom stereocenters. The lowest BCUT2D eigenvalue weighted by Gasteiger charge is -2.27. The molecule has 0 spiro atoms. The largest absolute Gasteiger partial charge is 0.486 e. The quantitative estimate of drug-likeness (QED) is 0.613. The van der Waals surface area contributed by atoms with Crippen molar-refractivity contribution in [2.24, 2.45) is 0 Å². The highest BCUT2D eigenvalue weighted by Gasteiger charge is 2.29. The Morgan fingerprint density at radius 3 is 2.80 bits per heavy atom. The fourth-order valence-corrected chi connectivity index (χ4v) is 2.58. The number of carbonyl (C=O) groups excluding carboxylic acids is 1. The molecule has 1 aliphatic heterocycles. The van der Waals surface area contributed by atoms with Crippen LogP contribution < -0.4 is 9.47 Å². The first-order valence-corrected chi connectivity index (χ1v) is 7.32. The number of hydrogen-bond acceptors (Lipinski definition) is 6. The van der Waals surface area contributed by atoms with Crippen LogP contribution in [0.3, 0.4) is 0 Å². The fourth-order valence-electron chi connectivity index (χ4n) is 1.82. The van der Waals surface area contributed by atoms with Crippen LogP contribution in [0.4, 0.5) is 4.39 Å². The van der Waals surface area contributed by atoms with E-state index in [0.29, 0.717) is 0 Å². The van der Waals surface area contributed by atoms with Crippen LogP contribution in [-0.4, -0.2) is 39.8 Å². The van der Waals surface area contributed by atoms with Crippen molar-refractivity contribution in [2.45, 2.75) is 13.0 Å². The summed E-state index contributed by atoms with van der Waals surface area (Å²) in [6.07, 6.45) is -0.823. The lowest BCUT2D eigenvalue weighted by atomic mass is 10.1. The number of hydrogen-bond donors (Lipinski definition) is 0. The first kappa shape index (κ1) is 14.7. The molecule has 0 unspecified atom stereocenters. The molecule has 20 heavy (non-hydrogen) atoms. The number of fused-ring (bicyclic) bond motifs is 1. The molecule has 8 heteroatoms. The molecular formula is C12H13FO6S. The van der Waals surface area contributed by atoms with Crippen molar-refractivity contribution in [3.8, 4) is 11.5 Å². The van der Waals surface area contributed by atoms with Crippen LogP contribution in [0.15, 0.2) is 12.1 Å². The van der Waals surface area contributed by atoms with Gasteiger partial charge in [0.15, 0.2) is 17.3 Å². The Kier molecular flexibility index (Phi) is 3.96. The van der Waals surface area contributed by atoms with Gasteiger partial charge in [-0.15, -0.1) is 0 Å². The smallest absolute Gasteiger partial charge is 0.270 e. The van der Waals surface area contributed by atoms with Gasteiger partial charge in [0.05, 0.1) is 12.7 Å². The summed E-state index contributed by atoms with van der Waals surface area (Å²) in [7, 11) is -2.68. The van der Waals surface area contributed by atoms with E-state index in [4.69, 9.17) is 9.47 Å². The number of ketones is 1. The van der Waals surface area contributed by atoms with Crippen LogP contribution in [0.5, 0.6) is 11.5 Å². The first-order chi connectivity index (χ1) is 9.32. The van der Waals surface area contributed by atoms with Gasteiger partial charge in [-0.05, 0) is 13.0 Å². The standard InChI is InChI=1S/C12H13FO6S/c1-7(14)10-3-8(13)4-11-12(10)19-9(5-18-11)6-20(15,16)17-2/h3-4,9H,5-6H2,1-2H3/t9-/m0/s1. The maximum Gasteiger partial charge on any atom is 0.270 e. The molecule has 2 rings (SSSR count). The second kappa shape index (κ2) is 5.37. The van der Waals surface area contributed by atoms with E-state index in [1.807, 2.05) is 0 Å². The average molecular weight is 304 g/mol. The predicted octanol–water partition coefficient (Wildman–Crippen LogP) is 1.14. The zero-order valence-electron chi connectivity index (χ0n) is 10.9. The minimum atomic E-state index is -3.73. The summed E-state index contributed by atoms with van der Waals surface area (Å²) >= 11 is 0. The zero-order valence-corrected chi connectivity index (χ0v) is 11.7. The van der Waals surface area contributed by atoms with E-state index in [2.05, 4.69) is 4.18 Å². The van der Waals surface area contributed by atoms with Gasteiger partial charge in [0.1, 0.15) is 24.3 Å². The molecule has 0 radical (unpaired) electrons. The first-order valence-electron chi connectivity index (χ1n) is 5.74. The molecule has 0 aliphatic carbocycles. The highest BCUT2D eigenvalue weighted by Crippen LogP contribution is 2.36. The van der Waals surface area contributed by atoms with Crippen LogP contribution in [0.2, 0.25) is 0 Å². The molecule has 1 aromatic carbocycles. The summed E-state index contributed by atoms with van der Waals surface area (Å²) in [6.45, 7) is 1.18. The summed E-state index contributed by atoms with van der Waals surface area (Å²) in [5.41, 5.74) is 0.0134. The number of Topliss-reactive ketones (excluding diaryl/α,β-unsaturated/α-hetero) is 1. The Labute approximate surface area is 115 Å². The number of rotatable bonds is 4. The second-order valence-corrected chi connectivity index (χ2v) is 6.06. The molecule has 1 aromatic rings. The SMILES string of the molecule is COS(=O)(=O)C[C@@H]1COc2cc(F)cc(C(C)=O)c2O1. The van der Waals surface area contributed by atoms with Crippen LogP contribution in [0.25, 0.3) is 0 Å². The third kappa shape index (κ3) is 3.07. The van der Waals surface area contributed by atoms with Crippen LogP contribution in [0.1, 0.15) is 17.3 Å². The summed E-state index contributed by atoms with van der Waals surface area (Å²) in [6, 6.07) is 2.11. The topological polar surface area (TPSA) is 78.9 Å². The third-order valence-electron chi connectivity index (χ3n) is 2.75. The van der Waals surface area contributed by atoms with Gasteiger partial charge in [0.2, 0.25) is 0 Å². The molecule has 0 aromatic heterocycles. The van der Waals surface area contributed by atoms with Crippen LogP contribution in [-0.2, 0) is 14.3 Å². The minimum absolute atomic E-state index is 0.0134. The molecule has 0 fully saturated rings. The summed E-state index contributed by atoms with van der Waals surface area (Å²) in [4.78, 5) is 11.5. The lowest BCUT2D eigenvalue weighted by Crippen LogP contribution is -2.36. The van der Waals surface area contributed by atoms with Gasteiger partial charge in [-0.3, -0.25) is 8.98 Å². The van der Waals surface area contributed by atoms with Gasteiger partial charge in [0, 0.05) is 6.07 Å². The van der Waals surface area contributed by atoms with Crippen molar-refractivity contribution in [2.75, 3.05) is 19.5 Å².